The van der Waals surface area contributed by atoms with E-state index in [0.29, 0.717) is 12.5 Å². The molecule has 0 bridgehead atoms. The van der Waals surface area contributed by atoms with E-state index in [1.54, 1.807) is 17.2 Å². The predicted octanol–water partition coefficient (Wildman–Crippen LogP) is 1.46. The number of nitrogen functional groups attached to an aromatic ring is 1. The van der Waals surface area contributed by atoms with Gasteiger partial charge in [0.25, 0.3) is 0 Å². The molecule has 3 rings (SSSR count). The van der Waals surface area contributed by atoms with Crippen LogP contribution in [0.25, 0.3) is 10.9 Å². The van der Waals surface area contributed by atoms with Crippen molar-refractivity contribution < 1.29 is 0 Å². The van der Waals surface area contributed by atoms with Crippen molar-refractivity contribution in [3.8, 4) is 0 Å². The average Bonchev–Trinajstić information content (AvgIpc) is 2.75. The number of nitrogens with zero attached hydrogens (tertiary/aromatic N) is 4. The van der Waals surface area contributed by atoms with Gasteiger partial charge in [0.2, 0.25) is 5.95 Å². The Morgan fingerprint density at radius 3 is 2.94 bits per heavy atom. The van der Waals surface area contributed by atoms with Crippen LogP contribution in [0.4, 0.5) is 5.95 Å². The Hall–Kier alpha value is -2.43. The highest BCUT2D eigenvalue weighted by Crippen LogP contribution is 2.13. The molecule has 0 saturated carbocycles. The summed E-state index contributed by atoms with van der Waals surface area (Å²) in [7, 11) is 0. The lowest BCUT2D eigenvalue weighted by molar-refractivity contribution is 0.688. The first kappa shape index (κ1) is 9.77. The van der Waals surface area contributed by atoms with Crippen LogP contribution >= 0.6 is 0 Å². The summed E-state index contributed by atoms with van der Waals surface area (Å²) in [6.07, 6.45) is 3.42. The van der Waals surface area contributed by atoms with Gasteiger partial charge in [-0.25, -0.2) is 9.67 Å². The number of rotatable bonds is 2. The van der Waals surface area contributed by atoms with Crippen LogP contribution in [-0.4, -0.2) is 19.7 Å². The second kappa shape index (κ2) is 3.86. The highest BCUT2D eigenvalue weighted by Gasteiger charge is 2.00. The van der Waals surface area contributed by atoms with Crippen molar-refractivity contribution in [3.05, 3.63) is 48.4 Å². The van der Waals surface area contributed by atoms with Crippen molar-refractivity contribution in [2.45, 2.75) is 6.54 Å². The SMILES string of the molecule is Nc1ncn(Cc2ccc3ncccc3c2)n1. The van der Waals surface area contributed by atoms with E-state index in [0.717, 1.165) is 16.5 Å². The zero-order valence-corrected chi connectivity index (χ0v) is 9.11. The predicted molar refractivity (Wildman–Crippen MR) is 65.3 cm³/mol. The molecule has 0 radical (unpaired) electrons. The highest BCUT2D eigenvalue weighted by atomic mass is 15.3. The molecule has 5 nitrogen and oxygen atoms in total. The normalized spacial score (nSPS) is 10.8. The number of benzene rings is 1. The molecule has 2 N–H and O–H groups in total. The molecule has 0 atom stereocenters. The van der Waals surface area contributed by atoms with E-state index in [4.69, 9.17) is 5.73 Å². The topological polar surface area (TPSA) is 69.6 Å². The van der Waals surface area contributed by atoms with Crippen LogP contribution in [0.15, 0.2) is 42.9 Å². The molecular weight excluding hydrogens is 214 g/mol. The van der Waals surface area contributed by atoms with Crippen LogP contribution in [0.1, 0.15) is 5.56 Å². The molecule has 2 heterocycles. The quantitative estimate of drug-likeness (QED) is 0.716. The molecular formula is C12H11N5. The fraction of sp³-hybridized carbons (Fsp3) is 0.0833. The summed E-state index contributed by atoms with van der Waals surface area (Å²) in [5, 5.41) is 5.18. The number of pyridine rings is 1. The van der Waals surface area contributed by atoms with Gasteiger partial charge in [0.15, 0.2) is 0 Å². The molecule has 0 saturated heterocycles. The maximum atomic E-state index is 5.47. The summed E-state index contributed by atoms with van der Waals surface area (Å²) < 4.78 is 1.72. The molecule has 2 aromatic heterocycles. The molecule has 3 aromatic rings. The van der Waals surface area contributed by atoms with Crippen LogP contribution in [0.5, 0.6) is 0 Å². The van der Waals surface area contributed by atoms with Crippen LogP contribution in [0, 0.1) is 0 Å². The number of hydrogen-bond acceptors (Lipinski definition) is 4. The zero-order chi connectivity index (χ0) is 11.7. The first-order valence-electron chi connectivity index (χ1n) is 5.30. The number of hydrogen-bond donors (Lipinski definition) is 1. The highest BCUT2D eigenvalue weighted by molar-refractivity contribution is 5.78. The van der Waals surface area contributed by atoms with Gasteiger partial charge >= 0.3 is 0 Å². The first-order valence-corrected chi connectivity index (χ1v) is 5.30. The van der Waals surface area contributed by atoms with E-state index < -0.39 is 0 Å². The zero-order valence-electron chi connectivity index (χ0n) is 9.11. The third-order valence-corrected chi connectivity index (χ3v) is 2.57. The Kier molecular flexibility index (Phi) is 2.22. The van der Waals surface area contributed by atoms with Crippen LogP contribution in [0.3, 0.4) is 0 Å². The van der Waals surface area contributed by atoms with Gasteiger partial charge in [-0.15, -0.1) is 5.10 Å². The molecule has 0 aliphatic heterocycles. The lowest BCUT2D eigenvalue weighted by atomic mass is 10.1. The number of aromatic nitrogens is 4. The third-order valence-electron chi connectivity index (χ3n) is 2.57. The molecule has 0 aliphatic carbocycles. The summed E-state index contributed by atoms with van der Waals surface area (Å²) in [5.74, 6) is 0.299. The average molecular weight is 225 g/mol. The van der Waals surface area contributed by atoms with Crippen molar-refractivity contribution in [2.75, 3.05) is 5.73 Å². The van der Waals surface area contributed by atoms with Crippen molar-refractivity contribution in [1.82, 2.24) is 19.7 Å². The van der Waals surface area contributed by atoms with Crippen LogP contribution in [0.2, 0.25) is 0 Å². The van der Waals surface area contributed by atoms with Gasteiger partial charge in [-0.1, -0.05) is 12.1 Å². The molecule has 0 unspecified atom stereocenters. The Morgan fingerprint density at radius 1 is 1.18 bits per heavy atom. The summed E-state index contributed by atoms with van der Waals surface area (Å²) in [6.45, 7) is 0.662. The first-order chi connectivity index (χ1) is 8.31. The monoisotopic (exact) mass is 225 g/mol. The summed E-state index contributed by atoms with van der Waals surface area (Å²) in [5.41, 5.74) is 7.61. The number of fused-ring (bicyclic) bond motifs is 1. The standard InChI is InChI=1S/C12H11N5/c13-12-15-8-17(16-12)7-9-3-4-11-10(6-9)2-1-5-14-11/h1-6,8H,7H2,(H2,13,16). The Bertz CT molecular complexity index is 659. The van der Waals surface area contributed by atoms with Crippen molar-refractivity contribution in [2.24, 2.45) is 0 Å². The second-order valence-electron chi connectivity index (χ2n) is 3.83. The van der Waals surface area contributed by atoms with E-state index in [1.807, 2.05) is 24.3 Å². The van der Waals surface area contributed by atoms with Crippen molar-refractivity contribution in [3.63, 3.8) is 0 Å². The Morgan fingerprint density at radius 2 is 2.12 bits per heavy atom. The number of nitrogens with two attached hydrogens (primary N) is 1. The van der Waals surface area contributed by atoms with Crippen LogP contribution in [-0.2, 0) is 6.54 Å². The Labute approximate surface area is 97.9 Å². The van der Waals surface area contributed by atoms with E-state index in [9.17, 15) is 0 Å². The van der Waals surface area contributed by atoms with Crippen molar-refractivity contribution >= 4 is 16.9 Å². The van der Waals surface area contributed by atoms with Gasteiger partial charge in [0.05, 0.1) is 12.1 Å². The molecule has 0 spiro atoms. The fourth-order valence-electron chi connectivity index (χ4n) is 1.80. The number of anilines is 1. The van der Waals surface area contributed by atoms with Gasteiger partial charge in [0.1, 0.15) is 6.33 Å². The molecule has 1 aromatic carbocycles. The molecule has 17 heavy (non-hydrogen) atoms. The summed E-state index contributed by atoms with van der Waals surface area (Å²) in [6, 6.07) is 10.1. The maximum absolute atomic E-state index is 5.47. The van der Waals surface area contributed by atoms with E-state index in [2.05, 4.69) is 21.1 Å². The molecule has 0 aliphatic rings. The Balaban J connectivity index is 1.95. The van der Waals surface area contributed by atoms with E-state index in [1.165, 1.54) is 0 Å². The lowest BCUT2D eigenvalue weighted by Gasteiger charge is -2.02. The lowest BCUT2D eigenvalue weighted by Crippen LogP contribution is -2.01. The second-order valence-corrected chi connectivity index (χ2v) is 3.83. The van der Waals surface area contributed by atoms with Gasteiger partial charge in [-0.2, -0.15) is 0 Å². The molecule has 5 heteroatoms. The third kappa shape index (κ3) is 1.94. The molecule has 0 fully saturated rings. The summed E-state index contributed by atoms with van der Waals surface area (Å²) >= 11 is 0. The maximum Gasteiger partial charge on any atom is 0.239 e. The van der Waals surface area contributed by atoms with E-state index >= 15 is 0 Å². The van der Waals surface area contributed by atoms with Crippen LogP contribution < -0.4 is 5.73 Å². The van der Waals surface area contributed by atoms with Gasteiger partial charge in [-0.3, -0.25) is 4.98 Å². The van der Waals surface area contributed by atoms with Gasteiger partial charge in [0, 0.05) is 11.6 Å². The smallest absolute Gasteiger partial charge is 0.239 e. The largest absolute Gasteiger partial charge is 0.367 e. The minimum Gasteiger partial charge on any atom is -0.367 e. The summed E-state index contributed by atoms with van der Waals surface area (Å²) in [4.78, 5) is 8.17. The van der Waals surface area contributed by atoms with Crippen molar-refractivity contribution in [1.29, 1.82) is 0 Å². The van der Waals surface area contributed by atoms with Gasteiger partial charge in [-0.05, 0) is 23.8 Å². The minimum atomic E-state index is 0.299. The molecule has 0 amide bonds. The van der Waals surface area contributed by atoms with Gasteiger partial charge < -0.3 is 5.73 Å². The van der Waals surface area contributed by atoms with E-state index in [-0.39, 0.29) is 0 Å². The molecule has 84 valence electrons. The minimum absolute atomic E-state index is 0.299. The fourth-order valence-corrected chi connectivity index (χ4v) is 1.80.